The van der Waals surface area contributed by atoms with Crippen LogP contribution in [0, 0.1) is 12.8 Å². The summed E-state index contributed by atoms with van der Waals surface area (Å²) in [6, 6.07) is 11.7. The molecule has 0 bridgehead atoms. The maximum absolute atomic E-state index is 12.5. The lowest BCUT2D eigenvalue weighted by atomic mass is 10.0. The van der Waals surface area contributed by atoms with E-state index in [-0.39, 0.29) is 18.0 Å². The van der Waals surface area contributed by atoms with Crippen LogP contribution in [0.25, 0.3) is 0 Å². The van der Waals surface area contributed by atoms with Crippen LogP contribution >= 0.6 is 0 Å². The number of hydrazine groups is 1. The number of hydrogen-bond acceptors (Lipinski definition) is 6. The Morgan fingerprint density at radius 1 is 1.30 bits per heavy atom. The summed E-state index contributed by atoms with van der Waals surface area (Å²) >= 11 is 0. The van der Waals surface area contributed by atoms with Crippen molar-refractivity contribution < 1.29 is 4.79 Å². The Bertz CT molecular complexity index is 729. The molecule has 2 saturated heterocycles. The summed E-state index contributed by atoms with van der Waals surface area (Å²) in [6.07, 6.45) is -0.636. The fourth-order valence-corrected chi connectivity index (χ4v) is 3.17. The first-order chi connectivity index (χ1) is 11.1. The van der Waals surface area contributed by atoms with Crippen molar-refractivity contribution in [2.75, 3.05) is 17.3 Å². The van der Waals surface area contributed by atoms with E-state index in [2.05, 4.69) is 21.2 Å². The lowest BCUT2D eigenvalue weighted by Crippen LogP contribution is -2.61. The Labute approximate surface area is 133 Å². The van der Waals surface area contributed by atoms with Crippen LogP contribution in [-0.2, 0) is 4.79 Å². The molecule has 0 saturated carbocycles. The minimum absolute atomic E-state index is 0.0164. The number of fused-ring (bicyclic) bond motifs is 1. The maximum Gasteiger partial charge on any atom is 0.230 e. The van der Waals surface area contributed by atoms with Gasteiger partial charge in [-0.2, -0.15) is 5.10 Å². The molecule has 3 atom stereocenters. The van der Waals surface area contributed by atoms with E-state index in [1.807, 2.05) is 42.3 Å². The fourth-order valence-electron chi connectivity index (χ4n) is 3.17. The number of carbonyl (C=O) groups excluding carboxylic acids is 1. The first-order valence-corrected chi connectivity index (χ1v) is 7.59. The topological polar surface area (TPSA) is 100 Å². The van der Waals surface area contributed by atoms with Gasteiger partial charge in [0.1, 0.15) is 12.0 Å². The molecule has 2 aromatic rings. The molecule has 23 heavy (non-hydrogen) atoms. The van der Waals surface area contributed by atoms with Crippen LogP contribution in [0.15, 0.2) is 36.4 Å². The number of nitrogens with one attached hydrogen (secondary N) is 3. The lowest BCUT2D eigenvalue weighted by Gasteiger charge is -2.37. The normalized spacial score (nSPS) is 26.9. The number of aromatic nitrogens is 2. The molecule has 2 aliphatic rings. The number of carbonyl (C=O) groups is 1. The highest BCUT2D eigenvalue weighted by Crippen LogP contribution is 2.27. The molecule has 3 heterocycles. The van der Waals surface area contributed by atoms with Gasteiger partial charge in [0.25, 0.3) is 0 Å². The van der Waals surface area contributed by atoms with Crippen LogP contribution in [0.4, 0.5) is 11.5 Å². The van der Waals surface area contributed by atoms with Gasteiger partial charge in [-0.05, 0) is 19.1 Å². The van der Waals surface area contributed by atoms with E-state index in [9.17, 15) is 4.79 Å². The van der Waals surface area contributed by atoms with E-state index in [4.69, 9.17) is 5.73 Å². The van der Waals surface area contributed by atoms with E-state index in [1.54, 1.807) is 10.7 Å². The van der Waals surface area contributed by atoms with Crippen molar-refractivity contribution in [3.8, 4) is 0 Å². The standard InChI is InChI=1S/C15H19N7O/c1-9-7-12(16)22(20-9)15-18-13-11(14(23)19-15)8-17-21(13)10-5-3-2-4-6-10/h2-7,11,13,15,17-18H,8,16H2,1H3,(H,19,23). The molecule has 2 aliphatic heterocycles. The maximum atomic E-state index is 12.5. The van der Waals surface area contributed by atoms with Crippen molar-refractivity contribution >= 4 is 17.4 Å². The second kappa shape index (κ2) is 5.25. The Morgan fingerprint density at radius 3 is 2.78 bits per heavy atom. The number of para-hydroxylation sites is 1. The molecule has 1 aromatic heterocycles. The third kappa shape index (κ3) is 2.32. The van der Waals surface area contributed by atoms with Crippen molar-refractivity contribution in [2.45, 2.75) is 19.4 Å². The number of aryl methyl sites for hydroxylation is 1. The van der Waals surface area contributed by atoms with Gasteiger partial charge in [-0.3, -0.25) is 15.1 Å². The zero-order valence-electron chi connectivity index (χ0n) is 12.7. The molecule has 5 N–H and O–H groups in total. The highest BCUT2D eigenvalue weighted by Gasteiger charge is 2.45. The number of amides is 1. The number of nitrogens with zero attached hydrogens (tertiary/aromatic N) is 3. The molecule has 4 rings (SSSR count). The Balaban J connectivity index is 1.64. The van der Waals surface area contributed by atoms with Gasteiger partial charge in [-0.1, -0.05) is 18.2 Å². The third-order valence-electron chi connectivity index (χ3n) is 4.25. The van der Waals surface area contributed by atoms with Gasteiger partial charge in [-0.15, -0.1) is 0 Å². The van der Waals surface area contributed by atoms with Crippen LogP contribution in [0.5, 0.6) is 0 Å². The van der Waals surface area contributed by atoms with Crippen molar-refractivity contribution in [1.82, 2.24) is 25.8 Å². The van der Waals surface area contributed by atoms with E-state index in [1.165, 1.54) is 0 Å². The second-order valence-electron chi connectivity index (χ2n) is 5.85. The molecule has 0 aliphatic carbocycles. The van der Waals surface area contributed by atoms with Gasteiger partial charge in [0, 0.05) is 12.6 Å². The van der Waals surface area contributed by atoms with Crippen molar-refractivity contribution in [3.63, 3.8) is 0 Å². The predicted octanol–water partition coefficient (Wildman–Crippen LogP) is -0.0837. The smallest absolute Gasteiger partial charge is 0.230 e. The molecule has 0 radical (unpaired) electrons. The quantitative estimate of drug-likeness (QED) is 0.619. The van der Waals surface area contributed by atoms with Crippen LogP contribution in [0.2, 0.25) is 0 Å². The van der Waals surface area contributed by atoms with E-state index < -0.39 is 6.29 Å². The number of rotatable bonds is 2. The number of nitrogen functional groups attached to an aromatic ring is 1. The summed E-state index contributed by atoms with van der Waals surface area (Å²) in [6.45, 7) is 2.45. The summed E-state index contributed by atoms with van der Waals surface area (Å²) in [5, 5.41) is 12.7. The number of nitrogens with two attached hydrogens (primary N) is 1. The van der Waals surface area contributed by atoms with E-state index >= 15 is 0 Å². The average Bonchev–Trinajstić information content (AvgIpc) is 3.11. The largest absolute Gasteiger partial charge is 0.384 e. The van der Waals surface area contributed by atoms with Crippen molar-refractivity contribution in [2.24, 2.45) is 5.92 Å². The minimum Gasteiger partial charge on any atom is -0.384 e. The van der Waals surface area contributed by atoms with Gasteiger partial charge in [-0.25, -0.2) is 10.1 Å². The summed E-state index contributed by atoms with van der Waals surface area (Å²) in [7, 11) is 0. The number of hydrogen-bond donors (Lipinski definition) is 4. The summed E-state index contributed by atoms with van der Waals surface area (Å²) in [5.41, 5.74) is 11.1. The molecule has 1 amide bonds. The Kier molecular flexibility index (Phi) is 3.21. The molecular formula is C15H19N7O. The van der Waals surface area contributed by atoms with Gasteiger partial charge >= 0.3 is 0 Å². The van der Waals surface area contributed by atoms with Gasteiger partial charge in [0.05, 0.1) is 17.3 Å². The molecule has 2 fully saturated rings. The first-order valence-electron chi connectivity index (χ1n) is 7.59. The first kappa shape index (κ1) is 14.0. The molecule has 120 valence electrons. The third-order valence-corrected chi connectivity index (χ3v) is 4.25. The van der Waals surface area contributed by atoms with Crippen LogP contribution in [-0.4, -0.2) is 28.4 Å². The van der Waals surface area contributed by atoms with Crippen molar-refractivity contribution in [3.05, 3.63) is 42.1 Å². The highest BCUT2D eigenvalue weighted by atomic mass is 16.2. The predicted molar refractivity (Wildman–Crippen MR) is 85.9 cm³/mol. The number of benzene rings is 1. The fraction of sp³-hybridized carbons (Fsp3) is 0.333. The summed E-state index contributed by atoms with van der Waals surface area (Å²) < 4.78 is 1.60. The summed E-state index contributed by atoms with van der Waals surface area (Å²) in [5.74, 6) is 0.317. The number of anilines is 2. The van der Waals surface area contributed by atoms with Crippen LogP contribution in [0.3, 0.4) is 0 Å². The molecular weight excluding hydrogens is 294 g/mol. The second-order valence-corrected chi connectivity index (χ2v) is 5.85. The monoisotopic (exact) mass is 313 g/mol. The van der Waals surface area contributed by atoms with Gasteiger partial charge < -0.3 is 11.1 Å². The van der Waals surface area contributed by atoms with E-state index in [0.717, 1.165) is 11.4 Å². The molecule has 8 heteroatoms. The van der Waals surface area contributed by atoms with E-state index in [0.29, 0.717) is 12.4 Å². The Morgan fingerprint density at radius 2 is 2.09 bits per heavy atom. The van der Waals surface area contributed by atoms with Crippen molar-refractivity contribution in [1.29, 1.82) is 0 Å². The van der Waals surface area contributed by atoms with Gasteiger partial charge in [0.15, 0.2) is 6.29 Å². The zero-order chi connectivity index (χ0) is 16.0. The zero-order valence-corrected chi connectivity index (χ0v) is 12.7. The SMILES string of the molecule is Cc1cc(N)n(C2NC(=O)C3CNN(c4ccccc4)C3N2)n1. The minimum atomic E-state index is -0.469. The van der Waals surface area contributed by atoms with Gasteiger partial charge in [0.2, 0.25) is 5.91 Å². The molecule has 8 nitrogen and oxygen atoms in total. The van der Waals surface area contributed by atoms with Crippen LogP contribution < -0.4 is 26.8 Å². The Hall–Kier alpha value is -2.58. The molecule has 0 spiro atoms. The summed E-state index contributed by atoms with van der Waals surface area (Å²) in [4.78, 5) is 12.5. The molecule has 1 aromatic carbocycles. The highest BCUT2D eigenvalue weighted by molar-refractivity contribution is 5.82. The van der Waals surface area contributed by atoms with Crippen LogP contribution in [0.1, 0.15) is 12.0 Å². The average molecular weight is 313 g/mol. The molecule has 3 unspecified atom stereocenters. The lowest BCUT2D eigenvalue weighted by molar-refractivity contribution is -0.129.